The summed E-state index contributed by atoms with van der Waals surface area (Å²) < 4.78 is 5.23. The van der Waals surface area contributed by atoms with Gasteiger partial charge in [-0.2, -0.15) is 0 Å². The zero-order valence-electron chi connectivity index (χ0n) is 9.47. The van der Waals surface area contributed by atoms with Crippen LogP contribution in [0.5, 0.6) is 5.75 Å². The summed E-state index contributed by atoms with van der Waals surface area (Å²) in [4.78, 5) is 0. The summed E-state index contributed by atoms with van der Waals surface area (Å²) in [5, 5.41) is 10.1. The number of methoxy groups -OCH3 is 1. The largest absolute Gasteiger partial charge is 0.495 e. The first-order valence-corrected chi connectivity index (χ1v) is 5.59. The number of rotatable bonds is 3. The Morgan fingerprint density at radius 2 is 1.81 bits per heavy atom. The van der Waals surface area contributed by atoms with Gasteiger partial charge >= 0.3 is 0 Å². The Morgan fingerprint density at radius 1 is 1.25 bits per heavy atom. The van der Waals surface area contributed by atoms with Crippen molar-refractivity contribution in [1.82, 2.24) is 0 Å². The number of aliphatic hydroxyl groups is 1. The molecule has 16 heavy (non-hydrogen) atoms. The fourth-order valence-corrected chi connectivity index (χ4v) is 2.21. The SMILES string of the molecule is COc1c(Cl)c(C)c(Cl)c(C)c1[C@H](N)CO. The first-order valence-electron chi connectivity index (χ1n) is 4.84. The number of hydrogen-bond donors (Lipinski definition) is 2. The predicted octanol–water partition coefficient (Wildman–Crippen LogP) is 2.61. The van der Waals surface area contributed by atoms with E-state index in [1.165, 1.54) is 7.11 Å². The smallest absolute Gasteiger partial charge is 0.142 e. The van der Waals surface area contributed by atoms with Crippen LogP contribution in [0.2, 0.25) is 10.0 Å². The Kier molecular flexibility index (Phi) is 4.44. The molecule has 1 rings (SSSR count). The normalized spacial score (nSPS) is 12.7. The van der Waals surface area contributed by atoms with Gasteiger partial charge in [-0.1, -0.05) is 23.2 Å². The molecule has 0 unspecified atom stereocenters. The van der Waals surface area contributed by atoms with Gasteiger partial charge in [0.2, 0.25) is 0 Å². The van der Waals surface area contributed by atoms with Crippen molar-refractivity contribution in [2.24, 2.45) is 5.73 Å². The number of ether oxygens (including phenoxy) is 1. The summed E-state index contributed by atoms with van der Waals surface area (Å²) in [6, 6.07) is -0.550. The maximum absolute atomic E-state index is 9.12. The summed E-state index contributed by atoms with van der Waals surface area (Å²) in [5.41, 5.74) is 8.02. The molecule has 0 radical (unpaired) electrons. The lowest BCUT2D eigenvalue weighted by Crippen LogP contribution is -2.17. The van der Waals surface area contributed by atoms with Gasteiger partial charge in [-0.3, -0.25) is 0 Å². The minimum absolute atomic E-state index is 0.188. The fourth-order valence-electron chi connectivity index (χ4n) is 1.69. The van der Waals surface area contributed by atoms with E-state index in [1.807, 2.05) is 13.8 Å². The van der Waals surface area contributed by atoms with Gasteiger partial charge in [0, 0.05) is 10.6 Å². The average molecular weight is 264 g/mol. The van der Waals surface area contributed by atoms with Gasteiger partial charge in [-0.15, -0.1) is 0 Å². The molecule has 0 heterocycles. The van der Waals surface area contributed by atoms with Crippen LogP contribution >= 0.6 is 23.2 Å². The monoisotopic (exact) mass is 263 g/mol. The molecular formula is C11H15Cl2NO2. The zero-order chi connectivity index (χ0) is 12.5. The van der Waals surface area contributed by atoms with Gasteiger partial charge in [0.15, 0.2) is 0 Å². The molecule has 0 saturated heterocycles. The van der Waals surface area contributed by atoms with Crippen LogP contribution in [0.1, 0.15) is 22.7 Å². The van der Waals surface area contributed by atoms with Crippen LogP contribution in [0.3, 0.4) is 0 Å². The standard InChI is InChI=1S/C11H15Cl2NO2/c1-5-8(7(14)4-15)11(16-3)10(13)6(2)9(5)12/h7,15H,4,14H2,1-3H3/t7-/m1/s1. The van der Waals surface area contributed by atoms with Crippen molar-refractivity contribution in [2.45, 2.75) is 19.9 Å². The lowest BCUT2D eigenvalue weighted by Gasteiger charge is -2.20. The maximum Gasteiger partial charge on any atom is 0.142 e. The van der Waals surface area contributed by atoms with Crippen molar-refractivity contribution in [2.75, 3.05) is 13.7 Å². The minimum Gasteiger partial charge on any atom is -0.495 e. The van der Waals surface area contributed by atoms with Crippen LogP contribution in [-0.4, -0.2) is 18.8 Å². The van der Waals surface area contributed by atoms with Crippen LogP contribution in [0.15, 0.2) is 0 Å². The molecule has 1 aromatic rings. The molecule has 0 aliphatic carbocycles. The highest BCUT2D eigenvalue weighted by Crippen LogP contribution is 2.41. The average Bonchev–Trinajstić information content (AvgIpc) is 2.29. The Balaban J connectivity index is 3.57. The zero-order valence-corrected chi connectivity index (χ0v) is 11.0. The predicted molar refractivity (Wildman–Crippen MR) is 66.5 cm³/mol. The molecule has 3 N–H and O–H groups in total. The maximum atomic E-state index is 9.12. The van der Waals surface area contributed by atoms with Gasteiger partial charge in [0.05, 0.1) is 24.8 Å². The molecule has 0 aliphatic heterocycles. The molecule has 5 heteroatoms. The summed E-state index contributed by atoms with van der Waals surface area (Å²) in [6.07, 6.45) is 0. The van der Waals surface area contributed by atoms with E-state index in [0.29, 0.717) is 21.4 Å². The van der Waals surface area contributed by atoms with Crippen molar-refractivity contribution in [3.8, 4) is 5.75 Å². The Hall–Kier alpha value is -0.480. The van der Waals surface area contributed by atoms with Crippen molar-refractivity contribution >= 4 is 23.2 Å². The van der Waals surface area contributed by atoms with Crippen molar-refractivity contribution in [3.05, 3.63) is 26.7 Å². The number of hydrogen-bond acceptors (Lipinski definition) is 3. The van der Waals surface area contributed by atoms with E-state index < -0.39 is 6.04 Å². The van der Waals surface area contributed by atoms with Crippen LogP contribution in [-0.2, 0) is 0 Å². The van der Waals surface area contributed by atoms with Crippen LogP contribution in [0.4, 0.5) is 0 Å². The molecule has 0 amide bonds. The first kappa shape index (κ1) is 13.6. The van der Waals surface area contributed by atoms with Crippen molar-refractivity contribution in [3.63, 3.8) is 0 Å². The highest BCUT2D eigenvalue weighted by atomic mass is 35.5. The lowest BCUT2D eigenvalue weighted by molar-refractivity contribution is 0.264. The number of halogens is 2. The number of aliphatic hydroxyl groups excluding tert-OH is 1. The van der Waals surface area contributed by atoms with E-state index in [1.54, 1.807) is 0 Å². The van der Waals surface area contributed by atoms with Gasteiger partial charge in [0.25, 0.3) is 0 Å². The van der Waals surface area contributed by atoms with E-state index in [4.69, 9.17) is 38.8 Å². The van der Waals surface area contributed by atoms with Crippen molar-refractivity contribution < 1.29 is 9.84 Å². The van der Waals surface area contributed by atoms with Crippen molar-refractivity contribution in [1.29, 1.82) is 0 Å². The van der Waals surface area contributed by atoms with Crippen LogP contribution in [0, 0.1) is 13.8 Å². The summed E-state index contributed by atoms with van der Waals surface area (Å²) in [5.74, 6) is 0.489. The molecule has 0 saturated carbocycles. The molecule has 0 fully saturated rings. The quantitative estimate of drug-likeness (QED) is 0.882. The third-order valence-corrected chi connectivity index (χ3v) is 3.63. The van der Waals surface area contributed by atoms with Gasteiger partial charge in [0.1, 0.15) is 5.75 Å². The molecular weight excluding hydrogens is 249 g/mol. The first-order chi connectivity index (χ1) is 7.45. The Morgan fingerprint density at radius 3 is 2.25 bits per heavy atom. The second-order valence-corrected chi connectivity index (χ2v) is 4.37. The van der Waals surface area contributed by atoms with Gasteiger partial charge in [-0.05, 0) is 25.0 Å². The number of nitrogens with two attached hydrogens (primary N) is 1. The number of benzene rings is 1. The highest BCUT2D eigenvalue weighted by molar-refractivity contribution is 6.37. The Bertz CT molecular complexity index is 408. The third kappa shape index (κ3) is 2.13. The van der Waals surface area contributed by atoms with E-state index in [2.05, 4.69) is 0 Å². The summed E-state index contributed by atoms with van der Waals surface area (Å²) in [7, 11) is 1.52. The molecule has 0 spiro atoms. The second-order valence-electron chi connectivity index (χ2n) is 3.61. The van der Waals surface area contributed by atoms with Crippen LogP contribution < -0.4 is 10.5 Å². The van der Waals surface area contributed by atoms with Crippen LogP contribution in [0.25, 0.3) is 0 Å². The molecule has 0 aromatic heterocycles. The highest BCUT2D eigenvalue weighted by Gasteiger charge is 2.22. The van der Waals surface area contributed by atoms with Gasteiger partial charge in [-0.25, -0.2) is 0 Å². The van der Waals surface area contributed by atoms with E-state index in [0.717, 1.165) is 11.1 Å². The topological polar surface area (TPSA) is 55.5 Å². The lowest BCUT2D eigenvalue weighted by atomic mass is 9.98. The minimum atomic E-state index is -0.550. The van der Waals surface area contributed by atoms with E-state index in [9.17, 15) is 0 Å². The molecule has 1 aromatic carbocycles. The molecule has 1 atom stereocenters. The molecule has 0 bridgehead atoms. The summed E-state index contributed by atoms with van der Waals surface area (Å²) >= 11 is 12.3. The summed E-state index contributed by atoms with van der Waals surface area (Å²) in [6.45, 7) is 3.46. The van der Waals surface area contributed by atoms with E-state index >= 15 is 0 Å². The molecule has 0 aliphatic rings. The molecule has 90 valence electrons. The fraction of sp³-hybridized carbons (Fsp3) is 0.455. The van der Waals surface area contributed by atoms with Gasteiger partial charge < -0.3 is 15.6 Å². The second kappa shape index (κ2) is 5.23. The van der Waals surface area contributed by atoms with E-state index in [-0.39, 0.29) is 6.61 Å². The Labute approximate surface area is 105 Å². The molecule has 3 nitrogen and oxygen atoms in total. The third-order valence-electron chi connectivity index (χ3n) is 2.61.